The van der Waals surface area contributed by atoms with Crippen molar-refractivity contribution in [3.8, 4) is 0 Å². The highest BCUT2D eigenvalue weighted by atomic mass is 32.1. The van der Waals surface area contributed by atoms with E-state index >= 15 is 0 Å². The molecular weight excluding hydrogens is 538 g/mol. The van der Waals surface area contributed by atoms with Crippen LogP contribution in [0.4, 0.5) is 0 Å². The zero-order valence-electron chi connectivity index (χ0n) is 23.5. The van der Waals surface area contributed by atoms with Crippen molar-refractivity contribution in [1.82, 2.24) is 25.4 Å². The fourth-order valence-corrected chi connectivity index (χ4v) is 6.63. The molecule has 9 nitrogen and oxygen atoms in total. The lowest BCUT2D eigenvalue weighted by Crippen LogP contribution is -2.64. The third-order valence-corrected chi connectivity index (χ3v) is 8.95. The third-order valence-electron chi connectivity index (χ3n) is 7.88. The molecule has 0 aliphatic carbocycles. The highest BCUT2D eigenvalue weighted by Crippen LogP contribution is 2.34. The molecule has 1 aromatic heterocycles. The van der Waals surface area contributed by atoms with Crippen molar-refractivity contribution in [2.45, 2.75) is 57.3 Å². The Morgan fingerprint density at radius 2 is 1.93 bits per heavy atom. The number of benzene rings is 2. The zero-order valence-corrected chi connectivity index (χ0v) is 24.3. The van der Waals surface area contributed by atoms with Crippen molar-refractivity contribution in [2.75, 3.05) is 26.2 Å². The van der Waals surface area contributed by atoms with Gasteiger partial charge in [0.15, 0.2) is 0 Å². The molecule has 216 valence electrons. The predicted molar refractivity (Wildman–Crippen MR) is 158 cm³/mol. The molecule has 2 fully saturated rings. The van der Waals surface area contributed by atoms with Crippen LogP contribution in [-0.4, -0.2) is 82.0 Å². The van der Waals surface area contributed by atoms with E-state index in [0.717, 1.165) is 29.1 Å². The van der Waals surface area contributed by atoms with Crippen LogP contribution in [0.25, 0.3) is 0 Å². The Morgan fingerprint density at radius 1 is 1.15 bits per heavy atom. The SMILES string of the molecule is CCN1CCNC([C@@H](O)[C@H](Cc2ccccc2)NC(=O)c2cccc(C(=O)N3CCC[C@@H]3c3nc(C)cs3)c2)C1=O. The Hall–Kier alpha value is -3.60. The van der Waals surface area contributed by atoms with E-state index in [4.69, 9.17) is 0 Å². The number of hydrogen-bond donors (Lipinski definition) is 3. The number of piperazine rings is 1. The van der Waals surface area contributed by atoms with Crippen molar-refractivity contribution in [3.05, 3.63) is 87.4 Å². The van der Waals surface area contributed by atoms with Crippen LogP contribution in [0.2, 0.25) is 0 Å². The van der Waals surface area contributed by atoms with Gasteiger partial charge in [0.25, 0.3) is 11.8 Å². The normalized spacial score (nSPS) is 20.6. The number of nitrogens with one attached hydrogen (secondary N) is 2. The van der Waals surface area contributed by atoms with Crippen LogP contribution >= 0.6 is 11.3 Å². The first-order chi connectivity index (χ1) is 19.9. The number of likely N-dealkylation sites (N-methyl/N-ethyl adjacent to an activating group) is 1. The molecule has 1 unspecified atom stereocenters. The van der Waals surface area contributed by atoms with Gasteiger partial charge >= 0.3 is 0 Å². The van der Waals surface area contributed by atoms with Crippen molar-refractivity contribution in [3.63, 3.8) is 0 Å². The van der Waals surface area contributed by atoms with Crippen LogP contribution in [0.1, 0.15) is 62.8 Å². The summed E-state index contributed by atoms with van der Waals surface area (Å²) in [6, 6.07) is 14.6. The molecular formula is C31H37N5O4S. The molecule has 3 amide bonds. The number of carbonyl (C=O) groups is 3. The maximum absolute atomic E-state index is 13.6. The van der Waals surface area contributed by atoms with E-state index in [2.05, 4.69) is 15.6 Å². The first kappa shape index (κ1) is 28.9. The van der Waals surface area contributed by atoms with Crippen molar-refractivity contribution < 1.29 is 19.5 Å². The maximum atomic E-state index is 13.6. The Balaban J connectivity index is 1.34. The van der Waals surface area contributed by atoms with Gasteiger partial charge < -0.3 is 25.5 Å². The molecule has 41 heavy (non-hydrogen) atoms. The van der Waals surface area contributed by atoms with Crippen LogP contribution in [0, 0.1) is 6.92 Å². The second-order valence-electron chi connectivity index (χ2n) is 10.7. The summed E-state index contributed by atoms with van der Waals surface area (Å²) in [7, 11) is 0. The summed E-state index contributed by atoms with van der Waals surface area (Å²) >= 11 is 1.57. The van der Waals surface area contributed by atoms with Gasteiger partial charge in [-0.1, -0.05) is 36.4 Å². The molecule has 0 bridgehead atoms. The number of rotatable bonds is 9. The number of aromatic nitrogens is 1. The molecule has 3 N–H and O–H groups in total. The largest absolute Gasteiger partial charge is 0.389 e. The number of thiazole rings is 1. The number of amides is 3. The molecule has 2 saturated heterocycles. The number of hydrogen-bond acceptors (Lipinski definition) is 7. The highest BCUT2D eigenvalue weighted by molar-refractivity contribution is 7.09. The Labute approximate surface area is 244 Å². The predicted octanol–water partition coefficient (Wildman–Crippen LogP) is 2.95. The van der Waals surface area contributed by atoms with Gasteiger partial charge in [0.2, 0.25) is 5.91 Å². The molecule has 0 saturated carbocycles. The average molecular weight is 576 g/mol. The minimum absolute atomic E-state index is 0.0627. The summed E-state index contributed by atoms with van der Waals surface area (Å²) in [5, 5.41) is 20.5. The van der Waals surface area contributed by atoms with Crippen molar-refractivity contribution in [2.24, 2.45) is 0 Å². The highest BCUT2D eigenvalue weighted by Gasteiger charge is 2.38. The first-order valence-electron chi connectivity index (χ1n) is 14.2. The second-order valence-corrected chi connectivity index (χ2v) is 11.6. The summed E-state index contributed by atoms with van der Waals surface area (Å²) in [5.74, 6) is -0.724. The van der Waals surface area contributed by atoms with Gasteiger partial charge in [0.05, 0.1) is 18.2 Å². The summed E-state index contributed by atoms with van der Waals surface area (Å²) in [5.41, 5.74) is 2.62. The molecule has 0 radical (unpaired) electrons. The van der Waals surface area contributed by atoms with Crippen LogP contribution < -0.4 is 10.6 Å². The van der Waals surface area contributed by atoms with Crippen LogP contribution in [0.15, 0.2) is 60.0 Å². The molecule has 5 rings (SSSR count). The van der Waals surface area contributed by atoms with Crippen LogP contribution in [0.3, 0.4) is 0 Å². The van der Waals surface area contributed by atoms with E-state index in [1.807, 2.05) is 54.5 Å². The van der Waals surface area contributed by atoms with Gasteiger partial charge in [-0.05, 0) is 56.9 Å². The van der Waals surface area contributed by atoms with Crippen LogP contribution in [0.5, 0.6) is 0 Å². The fourth-order valence-electron chi connectivity index (χ4n) is 5.69. The second kappa shape index (κ2) is 12.9. The molecule has 2 aromatic carbocycles. The van der Waals surface area contributed by atoms with E-state index in [-0.39, 0.29) is 17.9 Å². The van der Waals surface area contributed by atoms with Gasteiger partial charge in [-0.3, -0.25) is 14.4 Å². The summed E-state index contributed by atoms with van der Waals surface area (Å²) < 4.78 is 0. The van der Waals surface area contributed by atoms with E-state index in [0.29, 0.717) is 43.7 Å². The summed E-state index contributed by atoms with van der Waals surface area (Å²) in [6.07, 6.45) is 0.948. The number of aliphatic hydroxyl groups excluding tert-OH is 1. The van der Waals surface area contributed by atoms with Gasteiger partial charge in [-0.15, -0.1) is 11.3 Å². The van der Waals surface area contributed by atoms with Crippen molar-refractivity contribution in [1.29, 1.82) is 0 Å². The Morgan fingerprint density at radius 3 is 2.66 bits per heavy atom. The number of carbonyl (C=O) groups excluding carboxylic acids is 3. The van der Waals surface area contributed by atoms with Gasteiger partial charge in [0, 0.05) is 48.4 Å². The Bertz CT molecular complexity index is 1380. The summed E-state index contributed by atoms with van der Waals surface area (Å²) in [6.45, 7) is 6.20. The topological polar surface area (TPSA) is 115 Å². The van der Waals surface area contributed by atoms with E-state index in [1.165, 1.54) is 0 Å². The fraction of sp³-hybridized carbons (Fsp3) is 0.419. The van der Waals surface area contributed by atoms with E-state index in [9.17, 15) is 19.5 Å². The zero-order chi connectivity index (χ0) is 28.9. The molecule has 2 aliphatic rings. The molecule has 4 atom stereocenters. The molecule has 3 heterocycles. The Kier molecular flexibility index (Phi) is 9.12. The number of aryl methyl sites for hydroxylation is 1. The van der Waals surface area contributed by atoms with Gasteiger partial charge in [-0.25, -0.2) is 4.98 Å². The standard InChI is InChI=1S/C31H37N5O4S/c1-3-35-16-14-32-26(31(35)40)27(37)24(17-21-9-5-4-6-10-21)34-28(38)22-11-7-12-23(18-22)30(39)36-15-8-13-25(36)29-33-20(2)19-41-29/h4-7,9-12,18-19,24-27,32,37H,3,8,13-17H2,1-2H3,(H,34,38)/t24-,25+,26?,27-/m0/s1. The number of aliphatic hydroxyl groups is 1. The maximum Gasteiger partial charge on any atom is 0.254 e. The van der Waals surface area contributed by atoms with E-state index in [1.54, 1.807) is 40.5 Å². The van der Waals surface area contributed by atoms with Crippen LogP contribution in [-0.2, 0) is 11.2 Å². The minimum atomic E-state index is -1.15. The molecule has 2 aliphatic heterocycles. The molecule has 3 aromatic rings. The van der Waals surface area contributed by atoms with Gasteiger partial charge in [0.1, 0.15) is 11.0 Å². The first-order valence-corrected chi connectivity index (χ1v) is 15.1. The molecule has 10 heteroatoms. The summed E-state index contributed by atoms with van der Waals surface area (Å²) in [4.78, 5) is 48.3. The monoisotopic (exact) mass is 575 g/mol. The van der Waals surface area contributed by atoms with Gasteiger partial charge in [-0.2, -0.15) is 0 Å². The number of likely N-dealkylation sites (tertiary alicyclic amines) is 1. The number of nitrogens with zero attached hydrogens (tertiary/aromatic N) is 3. The third kappa shape index (κ3) is 6.50. The smallest absolute Gasteiger partial charge is 0.254 e. The lowest BCUT2D eigenvalue weighted by Gasteiger charge is -2.37. The molecule has 0 spiro atoms. The lowest BCUT2D eigenvalue weighted by molar-refractivity contribution is -0.139. The minimum Gasteiger partial charge on any atom is -0.389 e. The quantitative estimate of drug-likeness (QED) is 0.362. The van der Waals surface area contributed by atoms with Crippen molar-refractivity contribution >= 4 is 29.1 Å². The van der Waals surface area contributed by atoms with E-state index < -0.39 is 24.1 Å². The average Bonchev–Trinajstić information content (AvgIpc) is 3.66. The lowest BCUT2D eigenvalue weighted by atomic mass is 9.94.